The Bertz CT molecular complexity index is 946. The molecule has 0 aliphatic rings. The molecule has 0 spiro atoms. The van der Waals surface area contributed by atoms with E-state index in [9.17, 15) is 18.0 Å². The van der Waals surface area contributed by atoms with Crippen molar-refractivity contribution in [3.63, 3.8) is 0 Å². The van der Waals surface area contributed by atoms with Crippen LogP contribution in [0.2, 0.25) is 0 Å². The number of aromatic nitrogens is 2. The molecule has 0 amide bonds. The van der Waals surface area contributed by atoms with Crippen LogP contribution in [0.4, 0.5) is 19.1 Å². The topological polar surface area (TPSA) is 57.8 Å². The predicted octanol–water partition coefficient (Wildman–Crippen LogP) is 4.38. The lowest BCUT2D eigenvalue weighted by molar-refractivity contribution is -0.137. The van der Waals surface area contributed by atoms with Crippen LogP contribution in [0.3, 0.4) is 0 Å². The number of aryl methyl sites for hydroxylation is 1. The molecule has 0 aliphatic heterocycles. The van der Waals surface area contributed by atoms with Crippen LogP contribution >= 0.6 is 0 Å². The number of halogens is 3. The maximum absolute atomic E-state index is 12.6. The quantitative estimate of drug-likeness (QED) is 0.727. The number of benzene rings is 2. The first-order chi connectivity index (χ1) is 12.3. The largest absolute Gasteiger partial charge is 0.416 e. The molecule has 134 valence electrons. The number of aromatic amines is 1. The van der Waals surface area contributed by atoms with E-state index in [2.05, 4.69) is 15.3 Å². The molecule has 0 bridgehead atoms. The summed E-state index contributed by atoms with van der Waals surface area (Å²) in [5.74, 6) is 0.257. The fourth-order valence-electron chi connectivity index (χ4n) is 2.41. The molecule has 4 nitrogen and oxygen atoms in total. The first-order valence-corrected chi connectivity index (χ1v) is 7.90. The maximum atomic E-state index is 12.6. The molecule has 0 saturated carbocycles. The van der Waals surface area contributed by atoms with Gasteiger partial charge in [0.05, 0.1) is 11.3 Å². The van der Waals surface area contributed by atoms with Crippen molar-refractivity contribution < 1.29 is 13.2 Å². The fourth-order valence-corrected chi connectivity index (χ4v) is 2.41. The summed E-state index contributed by atoms with van der Waals surface area (Å²) in [6.07, 6.45) is -4.36. The minimum atomic E-state index is -4.36. The van der Waals surface area contributed by atoms with Gasteiger partial charge in [0.1, 0.15) is 0 Å². The highest BCUT2D eigenvalue weighted by molar-refractivity contribution is 5.60. The van der Waals surface area contributed by atoms with Gasteiger partial charge in [0.15, 0.2) is 0 Å². The second-order valence-electron chi connectivity index (χ2n) is 5.89. The van der Waals surface area contributed by atoms with Crippen LogP contribution in [0, 0.1) is 6.92 Å². The molecule has 0 saturated heterocycles. The lowest BCUT2D eigenvalue weighted by atomic mass is 10.1. The van der Waals surface area contributed by atoms with E-state index in [1.165, 1.54) is 18.2 Å². The molecule has 2 N–H and O–H groups in total. The average Bonchev–Trinajstić information content (AvgIpc) is 2.60. The second kappa shape index (κ2) is 7.03. The summed E-state index contributed by atoms with van der Waals surface area (Å²) >= 11 is 0. The summed E-state index contributed by atoms with van der Waals surface area (Å²) in [4.78, 5) is 18.8. The van der Waals surface area contributed by atoms with Gasteiger partial charge in [0.2, 0.25) is 5.95 Å². The molecule has 0 atom stereocenters. The van der Waals surface area contributed by atoms with Gasteiger partial charge in [-0.2, -0.15) is 13.2 Å². The smallest absolute Gasteiger partial charge is 0.352 e. The Hall–Kier alpha value is -3.09. The van der Waals surface area contributed by atoms with Crippen LogP contribution in [0.5, 0.6) is 0 Å². The number of anilines is 1. The van der Waals surface area contributed by atoms with Crippen molar-refractivity contribution in [2.24, 2.45) is 0 Å². The molecule has 3 rings (SSSR count). The Morgan fingerprint density at radius 1 is 1.04 bits per heavy atom. The zero-order chi connectivity index (χ0) is 18.7. The lowest BCUT2D eigenvalue weighted by Gasteiger charge is -2.09. The average molecular weight is 359 g/mol. The summed E-state index contributed by atoms with van der Waals surface area (Å²) in [7, 11) is 0. The molecular weight excluding hydrogens is 343 g/mol. The van der Waals surface area contributed by atoms with Gasteiger partial charge in [-0.3, -0.25) is 9.78 Å². The molecule has 3 aromatic rings. The van der Waals surface area contributed by atoms with Crippen LogP contribution < -0.4 is 10.9 Å². The van der Waals surface area contributed by atoms with Gasteiger partial charge in [-0.25, -0.2) is 4.98 Å². The minimum absolute atomic E-state index is 0.235. The Balaban J connectivity index is 1.76. The van der Waals surface area contributed by atoms with Crippen molar-refractivity contribution >= 4 is 5.95 Å². The monoisotopic (exact) mass is 359 g/mol. The fraction of sp³-hybridized carbons (Fsp3) is 0.158. The Kier molecular flexibility index (Phi) is 4.79. The van der Waals surface area contributed by atoms with E-state index >= 15 is 0 Å². The van der Waals surface area contributed by atoms with Gasteiger partial charge in [-0.15, -0.1) is 0 Å². The number of nitrogens with zero attached hydrogens (tertiary/aromatic N) is 1. The summed E-state index contributed by atoms with van der Waals surface area (Å²) in [5, 5.41) is 2.93. The van der Waals surface area contributed by atoms with E-state index in [1.807, 2.05) is 31.2 Å². The first-order valence-electron chi connectivity index (χ1n) is 7.90. The number of H-pyrrole nitrogens is 1. The van der Waals surface area contributed by atoms with Crippen LogP contribution in [-0.4, -0.2) is 9.97 Å². The van der Waals surface area contributed by atoms with E-state index in [1.54, 1.807) is 0 Å². The third kappa shape index (κ3) is 4.30. The zero-order valence-corrected chi connectivity index (χ0v) is 13.9. The van der Waals surface area contributed by atoms with Gasteiger partial charge < -0.3 is 5.32 Å². The third-order valence-corrected chi connectivity index (χ3v) is 3.83. The molecule has 0 fully saturated rings. The minimum Gasteiger partial charge on any atom is -0.352 e. The summed E-state index contributed by atoms with van der Waals surface area (Å²) in [5.41, 5.74) is 2.04. The van der Waals surface area contributed by atoms with Crippen LogP contribution in [0.1, 0.15) is 16.7 Å². The van der Waals surface area contributed by atoms with Crippen LogP contribution in [0.15, 0.2) is 59.4 Å². The Morgan fingerprint density at radius 2 is 1.69 bits per heavy atom. The van der Waals surface area contributed by atoms with E-state index in [-0.39, 0.29) is 18.1 Å². The van der Waals surface area contributed by atoms with Crippen molar-refractivity contribution in [2.45, 2.75) is 19.6 Å². The molecule has 2 aromatic carbocycles. The zero-order valence-electron chi connectivity index (χ0n) is 13.9. The van der Waals surface area contributed by atoms with Crippen molar-refractivity contribution in [3.8, 4) is 11.3 Å². The maximum Gasteiger partial charge on any atom is 0.416 e. The van der Waals surface area contributed by atoms with Crippen LogP contribution in [0.25, 0.3) is 11.3 Å². The molecule has 0 radical (unpaired) electrons. The van der Waals surface area contributed by atoms with Crippen LogP contribution in [-0.2, 0) is 12.7 Å². The molecule has 1 heterocycles. The van der Waals surface area contributed by atoms with E-state index in [4.69, 9.17) is 0 Å². The van der Waals surface area contributed by atoms with E-state index < -0.39 is 11.7 Å². The number of rotatable bonds is 4. The van der Waals surface area contributed by atoms with E-state index in [0.29, 0.717) is 11.3 Å². The molecule has 1 aromatic heterocycles. The highest BCUT2D eigenvalue weighted by atomic mass is 19.4. The van der Waals surface area contributed by atoms with Gasteiger partial charge in [-0.1, -0.05) is 42.0 Å². The summed E-state index contributed by atoms with van der Waals surface area (Å²) < 4.78 is 37.7. The Morgan fingerprint density at radius 3 is 2.31 bits per heavy atom. The van der Waals surface area contributed by atoms with Gasteiger partial charge in [0, 0.05) is 18.2 Å². The van der Waals surface area contributed by atoms with Gasteiger partial charge in [0.25, 0.3) is 5.56 Å². The SMILES string of the molecule is Cc1ccc(-c2cc(=O)[nH]c(NCc3ccc(C(F)(F)F)cc3)n2)cc1. The highest BCUT2D eigenvalue weighted by Crippen LogP contribution is 2.29. The first kappa shape index (κ1) is 17.7. The summed E-state index contributed by atoms with van der Waals surface area (Å²) in [6.45, 7) is 2.20. The number of hydrogen-bond acceptors (Lipinski definition) is 3. The van der Waals surface area contributed by atoms with Gasteiger partial charge >= 0.3 is 6.18 Å². The molecule has 0 unspecified atom stereocenters. The Labute approximate surface area is 147 Å². The molecule has 26 heavy (non-hydrogen) atoms. The van der Waals surface area contributed by atoms with Crippen molar-refractivity contribution in [1.82, 2.24) is 9.97 Å². The highest BCUT2D eigenvalue weighted by Gasteiger charge is 2.29. The van der Waals surface area contributed by atoms with Gasteiger partial charge in [-0.05, 0) is 24.6 Å². The number of nitrogens with one attached hydrogen (secondary N) is 2. The van der Waals surface area contributed by atoms with E-state index in [0.717, 1.165) is 23.3 Å². The van der Waals surface area contributed by atoms with Crippen molar-refractivity contribution in [2.75, 3.05) is 5.32 Å². The van der Waals surface area contributed by atoms with Crippen molar-refractivity contribution in [3.05, 3.63) is 81.6 Å². The lowest BCUT2D eigenvalue weighted by Crippen LogP contribution is -2.13. The second-order valence-corrected chi connectivity index (χ2v) is 5.89. The number of hydrogen-bond donors (Lipinski definition) is 2. The number of alkyl halides is 3. The van der Waals surface area contributed by atoms with Crippen molar-refractivity contribution in [1.29, 1.82) is 0 Å². The standard InChI is InChI=1S/C19H16F3N3O/c1-12-2-6-14(7-3-12)16-10-17(26)25-18(24-16)23-11-13-4-8-15(9-5-13)19(20,21)22/h2-10H,11H2,1H3,(H2,23,24,25,26). The molecule has 0 aliphatic carbocycles. The normalized spacial score (nSPS) is 11.4. The molecule has 7 heteroatoms. The third-order valence-electron chi connectivity index (χ3n) is 3.83. The predicted molar refractivity (Wildman–Crippen MR) is 93.8 cm³/mol. The summed E-state index contributed by atoms with van der Waals surface area (Å²) in [6, 6.07) is 13.8. The molecular formula is C19H16F3N3O.